The molecule has 0 atom stereocenters. The Morgan fingerprint density at radius 2 is 1.85 bits per heavy atom. The molecule has 1 aromatic carbocycles. The number of aromatic nitrogens is 1. The molecule has 1 aliphatic rings. The second-order valence-electron chi connectivity index (χ2n) is 5.53. The van der Waals surface area contributed by atoms with Gasteiger partial charge in [0.05, 0.1) is 5.69 Å². The van der Waals surface area contributed by atoms with Crippen LogP contribution in [-0.4, -0.2) is 17.1 Å². The molecule has 20 heavy (non-hydrogen) atoms. The largest absolute Gasteiger partial charge is 0.359 e. The van der Waals surface area contributed by atoms with E-state index in [1.165, 1.54) is 25.7 Å². The lowest BCUT2D eigenvalue weighted by Gasteiger charge is -2.16. The van der Waals surface area contributed by atoms with Crippen LogP contribution in [0.15, 0.2) is 30.5 Å². The van der Waals surface area contributed by atoms with E-state index in [1.54, 1.807) is 0 Å². The van der Waals surface area contributed by atoms with Crippen molar-refractivity contribution in [2.45, 2.75) is 44.6 Å². The summed E-state index contributed by atoms with van der Waals surface area (Å²) in [7, 11) is 0. The van der Waals surface area contributed by atoms with Gasteiger partial charge in [-0.1, -0.05) is 43.9 Å². The minimum Gasteiger partial charge on any atom is -0.359 e. The van der Waals surface area contributed by atoms with Gasteiger partial charge in [-0.05, 0) is 18.9 Å². The van der Waals surface area contributed by atoms with E-state index in [1.807, 2.05) is 30.5 Å². The van der Waals surface area contributed by atoms with E-state index in [0.29, 0.717) is 6.04 Å². The summed E-state index contributed by atoms with van der Waals surface area (Å²) in [6.45, 7) is 0. The van der Waals surface area contributed by atoms with Crippen molar-refractivity contribution in [3.8, 4) is 0 Å². The highest BCUT2D eigenvalue weighted by Gasteiger charge is 2.15. The maximum Gasteiger partial charge on any atom is 0.319 e. The fourth-order valence-corrected chi connectivity index (χ4v) is 2.94. The molecule has 3 N–H and O–H groups in total. The van der Waals surface area contributed by atoms with Crippen molar-refractivity contribution in [1.82, 2.24) is 10.3 Å². The zero-order valence-corrected chi connectivity index (χ0v) is 11.6. The first-order valence-electron chi connectivity index (χ1n) is 7.46. The third kappa shape index (κ3) is 2.95. The van der Waals surface area contributed by atoms with Gasteiger partial charge in [0.2, 0.25) is 0 Å². The molecule has 1 aromatic heterocycles. The number of carbonyl (C=O) groups excluding carboxylic acids is 1. The Labute approximate surface area is 118 Å². The summed E-state index contributed by atoms with van der Waals surface area (Å²) in [6, 6.07) is 8.19. The minimum absolute atomic E-state index is 0.0957. The summed E-state index contributed by atoms with van der Waals surface area (Å²) in [6.07, 6.45) is 9.07. The van der Waals surface area contributed by atoms with E-state index in [0.717, 1.165) is 29.4 Å². The van der Waals surface area contributed by atoms with Crippen LogP contribution in [0.4, 0.5) is 10.5 Å². The Balaban J connectivity index is 1.63. The maximum atomic E-state index is 12.1. The molecule has 0 unspecified atom stereocenters. The average molecular weight is 271 g/mol. The Morgan fingerprint density at radius 3 is 2.65 bits per heavy atom. The predicted octanol–water partition coefficient (Wildman–Crippen LogP) is 4.01. The zero-order chi connectivity index (χ0) is 13.8. The Hall–Kier alpha value is -1.97. The summed E-state index contributed by atoms with van der Waals surface area (Å²) in [5.41, 5.74) is 1.88. The first-order chi connectivity index (χ1) is 9.83. The van der Waals surface area contributed by atoms with Crippen molar-refractivity contribution in [1.29, 1.82) is 0 Å². The molecule has 0 saturated heterocycles. The monoisotopic (exact) mass is 271 g/mol. The molecule has 2 amide bonds. The number of aromatic amines is 1. The van der Waals surface area contributed by atoms with E-state index in [4.69, 9.17) is 0 Å². The lowest BCUT2D eigenvalue weighted by atomic mass is 10.1. The van der Waals surface area contributed by atoms with E-state index in [2.05, 4.69) is 15.6 Å². The second-order valence-corrected chi connectivity index (χ2v) is 5.53. The summed E-state index contributed by atoms with van der Waals surface area (Å²) in [4.78, 5) is 15.3. The van der Waals surface area contributed by atoms with Crippen molar-refractivity contribution in [3.05, 3.63) is 30.5 Å². The standard InChI is InChI=1S/C16H21N3O/c20-16(18-12-7-3-1-2-4-8-12)19-15-11-17-14-10-6-5-9-13(14)15/h5-6,9-12,17H,1-4,7-8H2,(H2,18,19,20). The smallest absolute Gasteiger partial charge is 0.319 e. The summed E-state index contributed by atoms with van der Waals surface area (Å²) < 4.78 is 0. The number of nitrogens with one attached hydrogen (secondary N) is 3. The van der Waals surface area contributed by atoms with E-state index >= 15 is 0 Å². The number of hydrogen-bond donors (Lipinski definition) is 3. The molecule has 0 radical (unpaired) electrons. The quantitative estimate of drug-likeness (QED) is 0.710. The highest BCUT2D eigenvalue weighted by atomic mass is 16.2. The lowest BCUT2D eigenvalue weighted by molar-refractivity contribution is 0.247. The second kappa shape index (κ2) is 5.99. The first kappa shape index (κ1) is 13.0. The van der Waals surface area contributed by atoms with Crippen molar-refractivity contribution in [2.24, 2.45) is 0 Å². The van der Waals surface area contributed by atoms with E-state index in [9.17, 15) is 4.79 Å². The van der Waals surface area contributed by atoms with Crippen molar-refractivity contribution >= 4 is 22.6 Å². The molecule has 0 bridgehead atoms. The van der Waals surface area contributed by atoms with Gasteiger partial charge in [0.15, 0.2) is 0 Å². The number of fused-ring (bicyclic) bond motifs is 1. The average Bonchev–Trinajstić information content (AvgIpc) is 2.68. The molecule has 4 nitrogen and oxygen atoms in total. The topological polar surface area (TPSA) is 56.9 Å². The maximum absolute atomic E-state index is 12.1. The molecule has 3 rings (SSSR count). The van der Waals surface area contributed by atoms with Gasteiger partial charge < -0.3 is 15.6 Å². The van der Waals surface area contributed by atoms with Gasteiger partial charge >= 0.3 is 6.03 Å². The lowest BCUT2D eigenvalue weighted by Crippen LogP contribution is -2.37. The number of urea groups is 1. The molecule has 4 heteroatoms. The number of anilines is 1. The van der Waals surface area contributed by atoms with E-state index in [-0.39, 0.29) is 6.03 Å². The van der Waals surface area contributed by atoms with Gasteiger partial charge in [-0.15, -0.1) is 0 Å². The first-order valence-corrected chi connectivity index (χ1v) is 7.46. The van der Waals surface area contributed by atoms with Crippen LogP contribution in [0.3, 0.4) is 0 Å². The molecule has 2 aromatic rings. The molecule has 106 valence electrons. The van der Waals surface area contributed by atoms with Crippen molar-refractivity contribution in [3.63, 3.8) is 0 Å². The SMILES string of the molecule is O=C(Nc1c[nH]c2ccccc12)NC1CCCCCC1. The summed E-state index contributed by atoms with van der Waals surface area (Å²) in [5, 5.41) is 7.09. The molecular formula is C16H21N3O. The number of para-hydroxylation sites is 1. The van der Waals surface area contributed by atoms with Crippen molar-refractivity contribution in [2.75, 3.05) is 5.32 Å². The van der Waals surface area contributed by atoms with Crippen LogP contribution < -0.4 is 10.6 Å². The molecule has 1 saturated carbocycles. The van der Waals surface area contributed by atoms with Crippen LogP contribution in [-0.2, 0) is 0 Å². The number of rotatable bonds is 2. The molecule has 1 aliphatic carbocycles. The van der Waals surface area contributed by atoms with Crippen LogP contribution in [0.1, 0.15) is 38.5 Å². The highest BCUT2D eigenvalue weighted by Crippen LogP contribution is 2.22. The Bertz CT molecular complexity index is 582. The van der Waals surface area contributed by atoms with Gasteiger partial charge in [-0.3, -0.25) is 0 Å². The third-order valence-electron chi connectivity index (χ3n) is 4.03. The number of carbonyl (C=O) groups is 1. The highest BCUT2D eigenvalue weighted by molar-refractivity contribution is 6.00. The number of benzene rings is 1. The van der Waals surface area contributed by atoms with Crippen LogP contribution in [0.5, 0.6) is 0 Å². The normalized spacial score (nSPS) is 16.8. The predicted molar refractivity (Wildman–Crippen MR) is 81.9 cm³/mol. The van der Waals surface area contributed by atoms with Gasteiger partial charge in [-0.25, -0.2) is 4.79 Å². The van der Waals surface area contributed by atoms with Gasteiger partial charge in [0.25, 0.3) is 0 Å². The fraction of sp³-hybridized carbons (Fsp3) is 0.438. The van der Waals surface area contributed by atoms with Crippen LogP contribution >= 0.6 is 0 Å². The zero-order valence-electron chi connectivity index (χ0n) is 11.6. The summed E-state index contributed by atoms with van der Waals surface area (Å²) >= 11 is 0. The Kier molecular flexibility index (Phi) is 3.90. The van der Waals surface area contributed by atoms with Gasteiger partial charge in [0.1, 0.15) is 0 Å². The Morgan fingerprint density at radius 1 is 1.10 bits per heavy atom. The summed E-state index contributed by atoms with van der Waals surface area (Å²) in [5.74, 6) is 0. The van der Waals surface area contributed by atoms with E-state index < -0.39 is 0 Å². The fourth-order valence-electron chi connectivity index (χ4n) is 2.94. The van der Waals surface area contributed by atoms with Gasteiger partial charge in [0, 0.05) is 23.1 Å². The number of hydrogen-bond acceptors (Lipinski definition) is 1. The van der Waals surface area contributed by atoms with Crippen LogP contribution in [0.25, 0.3) is 10.9 Å². The van der Waals surface area contributed by atoms with Gasteiger partial charge in [-0.2, -0.15) is 0 Å². The van der Waals surface area contributed by atoms with Crippen LogP contribution in [0.2, 0.25) is 0 Å². The molecule has 0 aliphatic heterocycles. The molecule has 0 spiro atoms. The van der Waals surface area contributed by atoms with Crippen molar-refractivity contribution < 1.29 is 4.79 Å². The molecule has 1 heterocycles. The van der Waals surface area contributed by atoms with Crippen LogP contribution in [0, 0.1) is 0 Å². The molecule has 1 fully saturated rings. The third-order valence-corrected chi connectivity index (χ3v) is 4.03. The molecular weight excluding hydrogens is 250 g/mol. The number of amides is 2. The minimum atomic E-state index is -0.0957. The number of H-pyrrole nitrogens is 1.